The summed E-state index contributed by atoms with van der Waals surface area (Å²) in [5.74, 6) is 1.20. The van der Waals surface area contributed by atoms with Crippen molar-refractivity contribution in [2.45, 2.75) is 50.5 Å². The highest BCUT2D eigenvalue weighted by Crippen LogP contribution is 2.28. The molecule has 2 atom stereocenters. The van der Waals surface area contributed by atoms with E-state index in [-0.39, 0.29) is 5.82 Å². The van der Waals surface area contributed by atoms with Gasteiger partial charge in [0, 0.05) is 19.1 Å². The van der Waals surface area contributed by atoms with Gasteiger partial charge < -0.3 is 10.2 Å². The molecular weight excluding hydrogens is 275 g/mol. The number of halogens is 1. The van der Waals surface area contributed by atoms with Crippen LogP contribution in [0.1, 0.15) is 50.0 Å². The van der Waals surface area contributed by atoms with Crippen LogP contribution in [0.2, 0.25) is 0 Å². The minimum Gasteiger partial charge on any atom is -0.312 e. The van der Waals surface area contributed by atoms with E-state index in [2.05, 4.69) is 23.3 Å². The predicted octanol–water partition coefficient (Wildman–Crippen LogP) is 3.78. The molecule has 22 heavy (non-hydrogen) atoms. The van der Waals surface area contributed by atoms with Crippen molar-refractivity contribution in [1.29, 1.82) is 0 Å². The molecule has 0 bridgehead atoms. The molecule has 3 heteroatoms. The molecule has 1 aromatic rings. The molecule has 1 heterocycles. The zero-order chi connectivity index (χ0) is 15.4. The molecule has 2 fully saturated rings. The summed E-state index contributed by atoms with van der Waals surface area (Å²) in [5.41, 5.74) is 1.15. The Labute approximate surface area is 134 Å². The van der Waals surface area contributed by atoms with Gasteiger partial charge in [-0.05, 0) is 62.4 Å². The molecule has 0 radical (unpaired) electrons. The van der Waals surface area contributed by atoms with Crippen LogP contribution in [0.5, 0.6) is 0 Å². The van der Waals surface area contributed by atoms with Crippen LogP contribution in [0.15, 0.2) is 24.3 Å². The van der Waals surface area contributed by atoms with Crippen molar-refractivity contribution >= 4 is 0 Å². The standard InChI is InChI=1S/C19H29FN2/c1-22-13-17(16-8-5-9-18(20)10-16)11-19(14-22)21-12-15-6-3-2-4-7-15/h5,8-10,15,17,19,21H,2-4,6-7,11-14H2,1H3. The van der Waals surface area contributed by atoms with Crippen LogP contribution in [0.3, 0.4) is 0 Å². The van der Waals surface area contributed by atoms with Gasteiger partial charge in [0.1, 0.15) is 5.82 Å². The summed E-state index contributed by atoms with van der Waals surface area (Å²) in [5, 5.41) is 3.80. The summed E-state index contributed by atoms with van der Waals surface area (Å²) in [4.78, 5) is 2.39. The molecular formula is C19H29FN2. The summed E-state index contributed by atoms with van der Waals surface area (Å²) in [6.07, 6.45) is 8.14. The Morgan fingerprint density at radius 1 is 1.18 bits per heavy atom. The van der Waals surface area contributed by atoms with E-state index in [1.165, 1.54) is 38.2 Å². The van der Waals surface area contributed by atoms with E-state index in [1.807, 2.05) is 6.07 Å². The number of nitrogens with one attached hydrogen (secondary N) is 1. The lowest BCUT2D eigenvalue weighted by molar-refractivity contribution is 0.195. The summed E-state index contributed by atoms with van der Waals surface area (Å²) in [6.45, 7) is 3.30. The fourth-order valence-corrected chi connectivity index (χ4v) is 4.19. The van der Waals surface area contributed by atoms with Crippen LogP contribution in [-0.2, 0) is 0 Å². The molecule has 0 amide bonds. The maximum Gasteiger partial charge on any atom is 0.123 e. The third kappa shape index (κ3) is 4.30. The Morgan fingerprint density at radius 3 is 2.77 bits per heavy atom. The first-order valence-electron chi connectivity index (χ1n) is 8.88. The number of piperidine rings is 1. The second-order valence-electron chi connectivity index (χ2n) is 7.32. The van der Waals surface area contributed by atoms with Gasteiger partial charge in [-0.3, -0.25) is 0 Å². The molecule has 2 nitrogen and oxygen atoms in total. The highest BCUT2D eigenvalue weighted by molar-refractivity contribution is 5.22. The zero-order valence-electron chi connectivity index (χ0n) is 13.7. The van der Waals surface area contributed by atoms with Gasteiger partial charge in [-0.1, -0.05) is 31.4 Å². The molecule has 1 aromatic carbocycles. The topological polar surface area (TPSA) is 15.3 Å². The van der Waals surface area contributed by atoms with E-state index in [0.29, 0.717) is 12.0 Å². The average molecular weight is 304 g/mol. The summed E-state index contributed by atoms with van der Waals surface area (Å²) in [6, 6.07) is 7.69. The highest BCUT2D eigenvalue weighted by atomic mass is 19.1. The van der Waals surface area contributed by atoms with Crippen LogP contribution in [0, 0.1) is 11.7 Å². The van der Waals surface area contributed by atoms with Gasteiger partial charge in [0.15, 0.2) is 0 Å². The van der Waals surface area contributed by atoms with Crippen molar-refractivity contribution in [3.05, 3.63) is 35.6 Å². The summed E-state index contributed by atoms with van der Waals surface area (Å²) >= 11 is 0. The van der Waals surface area contributed by atoms with Crippen molar-refractivity contribution in [1.82, 2.24) is 10.2 Å². The van der Waals surface area contributed by atoms with Gasteiger partial charge in [-0.25, -0.2) is 4.39 Å². The first-order valence-corrected chi connectivity index (χ1v) is 8.88. The van der Waals surface area contributed by atoms with Crippen LogP contribution < -0.4 is 5.32 Å². The molecule has 3 rings (SSSR count). The minimum absolute atomic E-state index is 0.113. The lowest BCUT2D eigenvalue weighted by Crippen LogP contribution is -2.48. The van der Waals surface area contributed by atoms with Crippen LogP contribution in [0.4, 0.5) is 4.39 Å². The van der Waals surface area contributed by atoms with Gasteiger partial charge in [0.2, 0.25) is 0 Å². The van der Waals surface area contributed by atoms with Gasteiger partial charge in [-0.15, -0.1) is 0 Å². The molecule has 2 aliphatic rings. The molecule has 1 saturated heterocycles. The van der Waals surface area contributed by atoms with Crippen molar-refractivity contribution < 1.29 is 4.39 Å². The van der Waals surface area contributed by atoms with Crippen LogP contribution >= 0.6 is 0 Å². The quantitative estimate of drug-likeness (QED) is 0.910. The largest absolute Gasteiger partial charge is 0.312 e. The van der Waals surface area contributed by atoms with Crippen molar-refractivity contribution in [3.8, 4) is 0 Å². The van der Waals surface area contributed by atoms with E-state index < -0.39 is 0 Å². The first-order chi connectivity index (χ1) is 10.7. The Balaban J connectivity index is 1.56. The molecule has 1 aliphatic heterocycles. The SMILES string of the molecule is CN1CC(NCC2CCCCC2)CC(c2cccc(F)c2)C1. The van der Waals surface area contributed by atoms with Crippen LogP contribution in [-0.4, -0.2) is 37.6 Å². The Kier molecular flexibility index (Phi) is 5.48. The molecule has 0 spiro atoms. The molecule has 2 unspecified atom stereocenters. The Hall–Kier alpha value is -0.930. The molecule has 1 aliphatic carbocycles. The predicted molar refractivity (Wildman–Crippen MR) is 89.6 cm³/mol. The number of benzene rings is 1. The zero-order valence-corrected chi connectivity index (χ0v) is 13.7. The van der Waals surface area contributed by atoms with E-state index in [9.17, 15) is 4.39 Å². The number of nitrogens with zero attached hydrogens (tertiary/aromatic N) is 1. The van der Waals surface area contributed by atoms with Gasteiger partial charge in [0.25, 0.3) is 0 Å². The fourth-order valence-electron chi connectivity index (χ4n) is 4.19. The lowest BCUT2D eigenvalue weighted by atomic mass is 9.86. The van der Waals surface area contributed by atoms with E-state index in [1.54, 1.807) is 6.07 Å². The maximum atomic E-state index is 13.5. The number of likely N-dealkylation sites (N-methyl/N-ethyl adjacent to an activating group) is 1. The van der Waals surface area contributed by atoms with Crippen LogP contribution in [0.25, 0.3) is 0 Å². The maximum absolute atomic E-state index is 13.5. The van der Waals surface area contributed by atoms with Gasteiger partial charge in [-0.2, -0.15) is 0 Å². The highest BCUT2D eigenvalue weighted by Gasteiger charge is 2.27. The third-order valence-corrected chi connectivity index (χ3v) is 5.37. The molecule has 0 aromatic heterocycles. The Morgan fingerprint density at radius 2 is 2.00 bits per heavy atom. The second-order valence-corrected chi connectivity index (χ2v) is 7.32. The molecule has 122 valence electrons. The normalized spacial score (nSPS) is 27.9. The van der Waals surface area contributed by atoms with Gasteiger partial charge >= 0.3 is 0 Å². The Bertz CT molecular complexity index is 470. The summed E-state index contributed by atoms with van der Waals surface area (Å²) < 4.78 is 13.5. The second kappa shape index (κ2) is 7.56. The van der Waals surface area contributed by atoms with Crippen molar-refractivity contribution in [3.63, 3.8) is 0 Å². The van der Waals surface area contributed by atoms with Gasteiger partial charge in [0.05, 0.1) is 0 Å². The van der Waals surface area contributed by atoms with Crippen molar-refractivity contribution in [2.24, 2.45) is 5.92 Å². The molecule has 1 N–H and O–H groups in total. The molecule has 1 saturated carbocycles. The van der Waals surface area contributed by atoms with E-state index in [0.717, 1.165) is 37.5 Å². The summed E-state index contributed by atoms with van der Waals surface area (Å²) in [7, 11) is 2.18. The first kappa shape index (κ1) is 15.9. The van der Waals surface area contributed by atoms with E-state index >= 15 is 0 Å². The number of likely N-dealkylation sites (tertiary alicyclic amines) is 1. The third-order valence-electron chi connectivity index (χ3n) is 5.37. The monoisotopic (exact) mass is 304 g/mol. The number of hydrogen-bond acceptors (Lipinski definition) is 2. The fraction of sp³-hybridized carbons (Fsp3) is 0.684. The average Bonchev–Trinajstić information content (AvgIpc) is 2.53. The number of rotatable bonds is 4. The van der Waals surface area contributed by atoms with Crippen molar-refractivity contribution in [2.75, 3.05) is 26.7 Å². The number of hydrogen-bond donors (Lipinski definition) is 1. The minimum atomic E-state index is -0.113. The van der Waals surface area contributed by atoms with E-state index in [4.69, 9.17) is 0 Å². The lowest BCUT2D eigenvalue weighted by Gasteiger charge is -2.37. The smallest absolute Gasteiger partial charge is 0.123 e.